The number of rotatable bonds is 1. The zero-order valence-electron chi connectivity index (χ0n) is 6.47. The Morgan fingerprint density at radius 2 is 2.25 bits per heavy atom. The highest BCUT2D eigenvalue weighted by atomic mass is 31.2. The normalized spacial score (nSPS) is 27.2. The van der Waals surface area contributed by atoms with Crippen molar-refractivity contribution in [1.29, 1.82) is 0 Å². The zero-order chi connectivity index (χ0) is 8.55. The average molecular weight is 183 g/mol. The number of fused-ring (bicyclic) bond motifs is 1. The Balaban J connectivity index is 2.43. The molecule has 1 aromatic rings. The average Bonchev–Trinajstić information content (AvgIpc) is 2.44. The number of nitrogens with two attached hydrogens (primary N) is 1. The molecule has 1 aromatic carbocycles. The summed E-state index contributed by atoms with van der Waals surface area (Å²) in [5, 5.41) is 0.906. The van der Waals surface area contributed by atoms with Gasteiger partial charge in [-0.3, -0.25) is 0 Å². The molecule has 3 nitrogen and oxygen atoms in total. The van der Waals surface area contributed by atoms with Crippen molar-refractivity contribution in [3.05, 3.63) is 29.8 Å². The third-order valence-electron chi connectivity index (χ3n) is 1.93. The smallest absolute Gasteiger partial charge is 0.203 e. The van der Waals surface area contributed by atoms with Gasteiger partial charge in [-0.05, 0) is 11.6 Å². The largest absolute Gasteiger partial charge is 0.346 e. The minimum absolute atomic E-state index is 0.114. The van der Waals surface area contributed by atoms with Crippen LogP contribution in [0.5, 0.6) is 0 Å². The van der Waals surface area contributed by atoms with Crippen molar-refractivity contribution in [3.8, 4) is 0 Å². The monoisotopic (exact) mass is 183 g/mol. The zero-order valence-corrected chi connectivity index (χ0v) is 7.37. The third-order valence-corrected chi connectivity index (χ3v) is 3.20. The fourth-order valence-electron chi connectivity index (χ4n) is 1.34. The van der Waals surface area contributed by atoms with Gasteiger partial charge in [-0.15, -0.1) is 0 Å². The van der Waals surface area contributed by atoms with Crippen molar-refractivity contribution in [2.45, 2.75) is 6.10 Å². The van der Waals surface area contributed by atoms with Crippen LogP contribution in [0.15, 0.2) is 24.3 Å². The highest BCUT2D eigenvalue weighted by molar-refractivity contribution is 7.55. The number of benzene rings is 1. The lowest BCUT2D eigenvalue weighted by molar-refractivity contribution is 0.232. The van der Waals surface area contributed by atoms with Crippen LogP contribution in [0.1, 0.15) is 11.7 Å². The molecule has 0 aliphatic carbocycles. The lowest BCUT2D eigenvalue weighted by atomic mass is 10.1. The first kappa shape index (κ1) is 8.14. The van der Waals surface area contributed by atoms with E-state index in [0.717, 1.165) is 10.9 Å². The van der Waals surface area contributed by atoms with E-state index in [1.807, 2.05) is 24.3 Å². The molecule has 0 saturated heterocycles. The second kappa shape index (κ2) is 3.11. The molecular formula is C8H10NO2P. The fourth-order valence-corrected chi connectivity index (χ4v) is 2.55. The predicted octanol–water partition coefficient (Wildman–Crippen LogP) is 0.646. The van der Waals surface area contributed by atoms with Crippen molar-refractivity contribution in [3.63, 3.8) is 0 Å². The second-order valence-corrected chi connectivity index (χ2v) is 3.90. The summed E-state index contributed by atoms with van der Waals surface area (Å²) < 4.78 is 5.28. The van der Waals surface area contributed by atoms with Crippen molar-refractivity contribution in [2.24, 2.45) is 5.73 Å². The van der Waals surface area contributed by atoms with Crippen LogP contribution in [0.3, 0.4) is 0 Å². The fraction of sp³-hybridized carbons (Fsp3) is 0.250. The lowest BCUT2D eigenvalue weighted by Gasteiger charge is -2.06. The summed E-state index contributed by atoms with van der Waals surface area (Å²) in [4.78, 5) is 9.47. The van der Waals surface area contributed by atoms with E-state index < -0.39 is 8.38 Å². The van der Waals surface area contributed by atoms with E-state index in [9.17, 15) is 4.89 Å². The van der Waals surface area contributed by atoms with Gasteiger partial charge < -0.3 is 15.2 Å². The Morgan fingerprint density at radius 1 is 1.50 bits per heavy atom. The van der Waals surface area contributed by atoms with Gasteiger partial charge in [0, 0.05) is 11.8 Å². The summed E-state index contributed by atoms with van der Waals surface area (Å²) in [6, 6.07) is 7.66. The maximum absolute atomic E-state index is 9.47. The summed E-state index contributed by atoms with van der Waals surface area (Å²) in [5.41, 5.74) is 6.52. The van der Waals surface area contributed by atoms with E-state index in [0.29, 0.717) is 6.54 Å². The molecular weight excluding hydrogens is 173 g/mol. The van der Waals surface area contributed by atoms with Crippen LogP contribution in [-0.4, -0.2) is 11.4 Å². The van der Waals surface area contributed by atoms with Crippen LogP contribution in [0.25, 0.3) is 0 Å². The SMILES string of the molecule is NCC1OP(O)c2ccccc21. The van der Waals surface area contributed by atoms with Gasteiger partial charge >= 0.3 is 0 Å². The quantitative estimate of drug-likeness (QED) is 0.628. The molecule has 0 spiro atoms. The Bertz CT molecular complexity index is 292. The van der Waals surface area contributed by atoms with Gasteiger partial charge in [0.1, 0.15) is 6.10 Å². The van der Waals surface area contributed by atoms with Gasteiger partial charge in [0.25, 0.3) is 0 Å². The predicted molar refractivity (Wildman–Crippen MR) is 48.1 cm³/mol. The molecule has 2 unspecified atom stereocenters. The topological polar surface area (TPSA) is 55.5 Å². The van der Waals surface area contributed by atoms with Crippen LogP contribution >= 0.6 is 8.38 Å². The van der Waals surface area contributed by atoms with Gasteiger partial charge in [0.05, 0.1) is 0 Å². The highest BCUT2D eigenvalue weighted by Gasteiger charge is 2.29. The second-order valence-electron chi connectivity index (χ2n) is 2.66. The summed E-state index contributed by atoms with van der Waals surface area (Å²) in [6.45, 7) is 0.427. The van der Waals surface area contributed by atoms with Crippen molar-refractivity contribution in [1.82, 2.24) is 0 Å². The van der Waals surface area contributed by atoms with E-state index >= 15 is 0 Å². The molecule has 2 rings (SSSR count). The summed E-state index contributed by atoms with van der Waals surface area (Å²) in [7, 11) is -1.41. The van der Waals surface area contributed by atoms with Crippen LogP contribution in [0.2, 0.25) is 0 Å². The van der Waals surface area contributed by atoms with E-state index in [2.05, 4.69) is 0 Å². The molecule has 1 heterocycles. The van der Waals surface area contributed by atoms with Crippen molar-refractivity contribution >= 4 is 13.7 Å². The van der Waals surface area contributed by atoms with E-state index in [1.54, 1.807) is 0 Å². The molecule has 12 heavy (non-hydrogen) atoms. The Labute approximate surface area is 72.1 Å². The molecule has 1 aliphatic rings. The summed E-state index contributed by atoms with van der Waals surface area (Å²) in [6.07, 6.45) is -0.114. The van der Waals surface area contributed by atoms with E-state index in [4.69, 9.17) is 10.3 Å². The molecule has 64 valence electrons. The van der Waals surface area contributed by atoms with Crippen LogP contribution in [-0.2, 0) is 4.52 Å². The molecule has 0 radical (unpaired) electrons. The molecule has 0 bridgehead atoms. The molecule has 4 heteroatoms. The Hall–Kier alpha value is -0.470. The number of hydrogen-bond acceptors (Lipinski definition) is 3. The van der Waals surface area contributed by atoms with Crippen LogP contribution < -0.4 is 11.0 Å². The number of hydrogen-bond donors (Lipinski definition) is 2. The first-order valence-corrected chi connectivity index (χ1v) is 4.99. The lowest BCUT2D eigenvalue weighted by Crippen LogP contribution is -2.12. The Kier molecular flexibility index (Phi) is 2.11. The maximum Gasteiger partial charge on any atom is 0.203 e. The molecule has 1 aliphatic heterocycles. The van der Waals surface area contributed by atoms with Gasteiger partial charge in [0.2, 0.25) is 8.38 Å². The third kappa shape index (κ3) is 1.15. The van der Waals surface area contributed by atoms with Crippen molar-refractivity contribution < 1.29 is 9.42 Å². The minimum atomic E-state index is -1.41. The molecule has 3 N–H and O–H groups in total. The van der Waals surface area contributed by atoms with Crippen LogP contribution in [0.4, 0.5) is 0 Å². The molecule has 2 atom stereocenters. The first-order valence-electron chi connectivity index (χ1n) is 3.77. The van der Waals surface area contributed by atoms with Crippen molar-refractivity contribution in [2.75, 3.05) is 6.54 Å². The van der Waals surface area contributed by atoms with Crippen LogP contribution in [0, 0.1) is 0 Å². The van der Waals surface area contributed by atoms with Gasteiger partial charge in [-0.2, -0.15) is 0 Å². The molecule has 0 fully saturated rings. The maximum atomic E-state index is 9.47. The minimum Gasteiger partial charge on any atom is -0.346 e. The summed E-state index contributed by atoms with van der Waals surface area (Å²) >= 11 is 0. The first-order chi connectivity index (χ1) is 5.83. The molecule has 0 amide bonds. The van der Waals surface area contributed by atoms with E-state index in [-0.39, 0.29) is 6.10 Å². The molecule has 0 aromatic heterocycles. The Morgan fingerprint density at radius 3 is 3.00 bits per heavy atom. The molecule has 0 saturated carbocycles. The highest BCUT2D eigenvalue weighted by Crippen LogP contribution is 2.45. The van der Waals surface area contributed by atoms with Gasteiger partial charge in [-0.25, -0.2) is 0 Å². The van der Waals surface area contributed by atoms with Gasteiger partial charge in [-0.1, -0.05) is 18.2 Å². The summed E-state index contributed by atoms with van der Waals surface area (Å²) in [5.74, 6) is 0. The standard InChI is InChI=1S/C8H10NO2P/c9-5-7-6-3-1-2-4-8(6)12(10)11-7/h1-4,7,10H,5,9H2. The van der Waals surface area contributed by atoms with E-state index in [1.165, 1.54) is 0 Å². The van der Waals surface area contributed by atoms with Gasteiger partial charge in [0.15, 0.2) is 0 Å².